The zero-order valence-electron chi connectivity index (χ0n) is 13.3. The predicted molar refractivity (Wildman–Crippen MR) is 87.4 cm³/mol. The van der Waals surface area contributed by atoms with Crippen LogP contribution in [0.4, 0.5) is 0 Å². The van der Waals surface area contributed by atoms with E-state index in [1.54, 1.807) is 0 Å². The van der Waals surface area contributed by atoms with Gasteiger partial charge in [0.25, 0.3) is 0 Å². The third-order valence-corrected chi connectivity index (χ3v) is 3.12. The number of rotatable bonds is 10. The minimum atomic E-state index is 0.0373. The second-order valence-corrected chi connectivity index (χ2v) is 5.46. The maximum Gasteiger partial charge on any atom is 0.224 e. The largest absolute Gasteiger partial charge is 0.375 e. The molecule has 3 heteroatoms. The van der Waals surface area contributed by atoms with Gasteiger partial charge in [-0.25, -0.2) is 0 Å². The highest BCUT2D eigenvalue weighted by Crippen LogP contribution is 2.08. The van der Waals surface area contributed by atoms with E-state index in [4.69, 9.17) is 4.74 Å². The number of carbonyl (C=O) groups excluding carboxylic acids is 1. The minimum Gasteiger partial charge on any atom is -0.375 e. The molecule has 0 radical (unpaired) electrons. The Bertz CT molecular complexity index is 437. The fourth-order valence-electron chi connectivity index (χ4n) is 1.96. The number of ether oxygens (including phenoxy) is 1. The van der Waals surface area contributed by atoms with Crippen molar-refractivity contribution in [1.82, 2.24) is 5.32 Å². The van der Waals surface area contributed by atoms with E-state index < -0.39 is 0 Å². The summed E-state index contributed by atoms with van der Waals surface area (Å²) < 4.78 is 5.33. The average molecular weight is 289 g/mol. The Morgan fingerprint density at radius 1 is 1.24 bits per heavy atom. The normalized spacial score (nSPS) is 10.4. The molecule has 0 aromatic heterocycles. The number of hydrogen-bond donors (Lipinski definition) is 1. The van der Waals surface area contributed by atoms with Gasteiger partial charge in [0, 0.05) is 6.54 Å². The van der Waals surface area contributed by atoms with Gasteiger partial charge < -0.3 is 10.1 Å². The molecule has 1 N–H and O–H groups in total. The number of aryl methyl sites for hydroxylation is 1. The molecule has 0 heterocycles. The van der Waals surface area contributed by atoms with E-state index in [2.05, 4.69) is 31.0 Å². The van der Waals surface area contributed by atoms with E-state index in [0.717, 1.165) is 17.6 Å². The lowest BCUT2D eigenvalue weighted by Crippen LogP contribution is -2.28. The molecule has 0 aliphatic rings. The molecule has 1 amide bonds. The summed E-state index contributed by atoms with van der Waals surface area (Å²) in [6, 6.07) is 8.33. The van der Waals surface area contributed by atoms with Crippen LogP contribution in [0.1, 0.15) is 37.8 Å². The number of hydrogen-bond acceptors (Lipinski definition) is 2. The first-order valence-corrected chi connectivity index (χ1v) is 7.68. The molecule has 1 aromatic rings. The van der Waals surface area contributed by atoms with E-state index in [9.17, 15) is 4.79 Å². The number of unbranched alkanes of at least 4 members (excludes halogenated alkanes) is 1. The van der Waals surface area contributed by atoms with Crippen LogP contribution in [0.5, 0.6) is 0 Å². The molecule has 0 atom stereocenters. The van der Waals surface area contributed by atoms with E-state index in [1.807, 2.05) is 19.1 Å². The van der Waals surface area contributed by atoms with Gasteiger partial charge in [0.15, 0.2) is 0 Å². The lowest BCUT2D eigenvalue weighted by atomic mass is 10.0. The summed E-state index contributed by atoms with van der Waals surface area (Å²) in [6.45, 7) is 9.49. The SMILES string of the molecule is C=C(C)COCCNC(=O)Cc1ccc(CCCC)cc1. The fraction of sp³-hybridized carbons (Fsp3) is 0.500. The smallest absolute Gasteiger partial charge is 0.224 e. The topological polar surface area (TPSA) is 38.3 Å². The zero-order valence-corrected chi connectivity index (χ0v) is 13.3. The summed E-state index contributed by atoms with van der Waals surface area (Å²) in [6.07, 6.45) is 3.96. The van der Waals surface area contributed by atoms with E-state index in [1.165, 1.54) is 18.4 Å². The highest BCUT2D eigenvalue weighted by molar-refractivity contribution is 5.78. The monoisotopic (exact) mass is 289 g/mol. The lowest BCUT2D eigenvalue weighted by molar-refractivity contribution is -0.120. The summed E-state index contributed by atoms with van der Waals surface area (Å²) in [5.41, 5.74) is 3.38. The Kier molecular flexibility index (Phi) is 8.44. The van der Waals surface area contributed by atoms with Crippen molar-refractivity contribution in [2.45, 2.75) is 39.5 Å². The van der Waals surface area contributed by atoms with Crippen LogP contribution in [0.25, 0.3) is 0 Å². The van der Waals surface area contributed by atoms with Crippen LogP contribution in [0.3, 0.4) is 0 Å². The molecule has 1 aromatic carbocycles. The highest BCUT2D eigenvalue weighted by Gasteiger charge is 2.03. The molecule has 0 fully saturated rings. The van der Waals surface area contributed by atoms with Gasteiger partial charge in [-0.2, -0.15) is 0 Å². The van der Waals surface area contributed by atoms with Gasteiger partial charge >= 0.3 is 0 Å². The van der Waals surface area contributed by atoms with E-state index in [0.29, 0.717) is 26.2 Å². The first-order chi connectivity index (χ1) is 10.1. The Labute approximate surface area is 128 Å². The molecule has 3 nitrogen and oxygen atoms in total. The van der Waals surface area contributed by atoms with Crippen LogP contribution in [0.15, 0.2) is 36.4 Å². The van der Waals surface area contributed by atoms with Gasteiger partial charge in [0.2, 0.25) is 5.91 Å². The van der Waals surface area contributed by atoms with Crippen LogP contribution >= 0.6 is 0 Å². The van der Waals surface area contributed by atoms with Crippen LogP contribution in [0.2, 0.25) is 0 Å². The molecule has 0 aliphatic carbocycles. The number of nitrogens with one attached hydrogen (secondary N) is 1. The van der Waals surface area contributed by atoms with E-state index >= 15 is 0 Å². The van der Waals surface area contributed by atoms with Gasteiger partial charge in [-0.15, -0.1) is 0 Å². The Morgan fingerprint density at radius 2 is 1.90 bits per heavy atom. The van der Waals surface area contributed by atoms with Crippen molar-refractivity contribution in [3.05, 3.63) is 47.5 Å². The second-order valence-electron chi connectivity index (χ2n) is 5.46. The van der Waals surface area contributed by atoms with Crippen molar-refractivity contribution in [2.75, 3.05) is 19.8 Å². The van der Waals surface area contributed by atoms with Crippen LogP contribution in [-0.2, 0) is 22.4 Å². The first kappa shape index (κ1) is 17.4. The summed E-state index contributed by atoms with van der Waals surface area (Å²) in [7, 11) is 0. The molecule has 21 heavy (non-hydrogen) atoms. The third-order valence-electron chi connectivity index (χ3n) is 3.12. The van der Waals surface area contributed by atoms with Crippen LogP contribution in [-0.4, -0.2) is 25.7 Å². The molecular weight excluding hydrogens is 262 g/mol. The molecular formula is C18H27NO2. The molecule has 0 aliphatic heterocycles. The highest BCUT2D eigenvalue weighted by atomic mass is 16.5. The Hall–Kier alpha value is -1.61. The molecule has 0 unspecified atom stereocenters. The zero-order chi connectivity index (χ0) is 15.5. The summed E-state index contributed by atoms with van der Waals surface area (Å²) in [4.78, 5) is 11.8. The Balaban J connectivity index is 2.23. The number of carbonyl (C=O) groups is 1. The summed E-state index contributed by atoms with van der Waals surface area (Å²) >= 11 is 0. The fourth-order valence-corrected chi connectivity index (χ4v) is 1.96. The average Bonchev–Trinajstić information content (AvgIpc) is 2.46. The van der Waals surface area contributed by atoms with Crippen molar-refractivity contribution >= 4 is 5.91 Å². The Morgan fingerprint density at radius 3 is 2.52 bits per heavy atom. The van der Waals surface area contributed by atoms with E-state index in [-0.39, 0.29) is 5.91 Å². The van der Waals surface area contributed by atoms with Crippen molar-refractivity contribution in [3.8, 4) is 0 Å². The maximum absolute atomic E-state index is 11.8. The minimum absolute atomic E-state index is 0.0373. The molecule has 116 valence electrons. The quantitative estimate of drug-likeness (QED) is 0.530. The van der Waals surface area contributed by atoms with Crippen molar-refractivity contribution < 1.29 is 9.53 Å². The third kappa shape index (κ3) is 8.30. The van der Waals surface area contributed by atoms with Gasteiger partial charge in [0.05, 0.1) is 19.6 Å². The van der Waals surface area contributed by atoms with Gasteiger partial charge in [-0.3, -0.25) is 4.79 Å². The lowest BCUT2D eigenvalue weighted by Gasteiger charge is -2.07. The molecule has 0 saturated heterocycles. The standard InChI is InChI=1S/C18H27NO2/c1-4-5-6-16-7-9-17(10-8-16)13-18(20)19-11-12-21-14-15(2)3/h7-10H,2,4-6,11-14H2,1,3H3,(H,19,20). The first-order valence-electron chi connectivity index (χ1n) is 7.68. The molecule has 1 rings (SSSR count). The van der Waals surface area contributed by atoms with Gasteiger partial charge in [-0.1, -0.05) is 49.8 Å². The van der Waals surface area contributed by atoms with Crippen molar-refractivity contribution in [1.29, 1.82) is 0 Å². The predicted octanol–water partition coefficient (Wildman–Crippen LogP) is 3.28. The summed E-state index contributed by atoms with van der Waals surface area (Å²) in [5, 5.41) is 2.86. The molecule has 0 bridgehead atoms. The van der Waals surface area contributed by atoms with Crippen LogP contribution in [0, 0.1) is 0 Å². The van der Waals surface area contributed by atoms with Crippen LogP contribution < -0.4 is 5.32 Å². The second kappa shape index (κ2) is 10.2. The van der Waals surface area contributed by atoms with Gasteiger partial charge in [0.1, 0.15) is 0 Å². The van der Waals surface area contributed by atoms with Crippen molar-refractivity contribution in [2.24, 2.45) is 0 Å². The number of amides is 1. The maximum atomic E-state index is 11.8. The summed E-state index contributed by atoms with van der Waals surface area (Å²) in [5.74, 6) is 0.0373. The van der Waals surface area contributed by atoms with Gasteiger partial charge in [-0.05, 0) is 30.9 Å². The molecule has 0 spiro atoms. The number of benzene rings is 1. The molecule has 0 saturated carbocycles. The van der Waals surface area contributed by atoms with Crippen molar-refractivity contribution in [3.63, 3.8) is 0 Å².